The summed E-state index contributed by atoms with van der Waals surface area (Å²) in [6.45, 7) is 4.81. The Hall–Kier alpha value is -2.71. The summed E-state index contributed by atoms with van der Waals surface area (Å²) in [5.41, 5.74) is 0. The van der Waals surface area contributed by atoms with Crippen molar-refractivity contribution < 1.29 is 23.9 Å². The Morgan fingerprint density at radius 1 is 1.04 bits per heavy atom. The van der Waals surface area contributed by atoms with Gasteiger partial charge < -0.3 is 25.0 Å². The van der Waals surface area contributed by atoms with Gasteiger partial charge in [0, 0.05) is 19.7 Å². The Morgan fingerprint density at radius 2 is 1.64 bits per heavy atom. The molecule has 1 saturated carbocycles. The highest BCUT2D eigenvalue weighted by Gasteiger charge is 2.36. The molecule has 0 unspecified atom stereocenters. The zero-order valence-electron chi connectivity index (χ0n) is 17.1. The third-order valence-corrected chi connectivity index (χ3v) is 3.70. The highest BCUT2D eigenvalue weighted by atomic mass is 16.6. The minimum atomic E-state index is -0.663. The molecular weight excluding hydrogens is 362 g/mol. The van der Waals surface area contributed by atoms with Crippen molar-refractivity contribution in [2.75, 3.05) is 33.4 Å². The molecule has 158 valence electrons. The van der Waals surface area contributed by atoms with E-state index < -0.39 is 12.1 Å². The average molecular weight is 396 g/mol. The topological polar surface area (TPSA) is 97.0 Å². The first-order valence-electron chi connectivity index (χ1n) is 9.28. The summed E-state index contributed by atoms with van der Waals surface area (Å²) in [5.74, 6) is -0.354. The summed E-state index contributed by atoms with van der Waals surface area (Å²) in [6.07, 6.45) is 18.8. The Kier molecular flexibility index (Phi) is 17.4. The van der Waals surface area contributed by atoms with Crippen LogP contribution < -0.4 is 10.6 Å². The normalized spacial score (nSPS) is 16.5. The van der Waals surface area contributed by atoms with E-state index in [1.165, 1.54) is 12.0 Å². The number of amides is 3. The third kappa shape index (κ3) is 11.1. The second-order valence-electron chi connectivity index (χ2n) is 5.51. The SMILES string of the molecule is C#C.C#C.CC.COCCOC(=O)NCC(=O)N1CCC[C@H]1C(=O)NC1CC1. The van der Waals surface area contributed by atoms with E-state index in [2.05, 4.69) is 36.3 Å². The Morgan fingerprint density at radius 3 is 2.18 bits per heavy atom. The molecule has 1 heterocycles. The summed E-state index contributed by atoms with van der Waals surface area (Å²) < 4.78 is 9.56. The van der Waals surface area contributed by atoms with Crippen molar-refractivity contribution in [3.63, 3.8) is 0 Å². The third-order valence-electron chi connectivity index (χ3n) is 3.70. The molecule has 2 fully saturated rings. The number of hydrogen-bond donors (Lipinski definition) is 2. The molecule has 1 saturated heterocycles. The monoisotopic (exact) mass is 395 g/mol. The molecule has 0 radical (unpaired) electrons. The van der Waals surface area contributed by atoms with Crippen LogP contribution in [0.25, 0.3) is 0 Å². The first-order chi connectivity index (χ1) is 13.6. The van der Waals surface area contributed by atoms with E-state index >= 15 is 0 Å². The lowest BCUT2D eigenvalue weighted by molar-refractivity contribution is -0.137. The molecule has 8 nitrogen and oxygen atoms in total. The van der Waals surface area contributed by atoms with Crippen molar-refractivity contribution in [2.24, 2.45) is 0 Å². The number of ether oxygens (including phenoxy) is 2. The minimum absolute atomic E-state index is 0.0870. The summed E-state index contributed by atoms with van der Waals surface area (Å²) in [6, 6.07) is -0.140. The van der Waals surface area contributed by atoms with Crippen LogP contribution in [0, 0.1) is 25.7 Å². The van der Waals surface area contributed by atoms with E-state index in [1.807, 2.05) is 13.8 Å². The summed E-state index contributed by atoms with van der Waals surface area (Å²) in [4.78, 5) is 37.1. The molecule has 0 spiro atoms. The Bertz CT molecular complexity index is 495. The van der Waals surface area contributed by atoms with Crippen LogP contribution in [-0.4, -0.2) is 68.3 Å². The number of likely N-dealkylation sites (tertiary alicyclic amines) is 1. The number of carbonyl (C=O) groups excluding carboxylic acids is 3. The van der Waals surface area contributed by atoms with Gasteiger partial charge >= 0.3 is 6.09 Å². The molecule has 0 aromatic heterocycles. The van der Waals surface area contributed by atoms with Crippen LogP contribution in [-0.2, 0) is 19.1 Å². The molecule has 2 rings (SSSR count). The van der Waals surface area contributed by atoms with Gasteiger partial charge in [-0.15, -0.1) is 25.7 Å². The van der Waals surface area contributed by atoms with Gasteiger partial charge in [0.1, 0.15) is 19.2 Å². The zero-order valence-corrected chi connectivity index (χ0v) is 17.1. The second kappa shape index (κ2) is 17.7. The van der Waals surface area contributed by atoms with Crippen LogP contribution in [0.1, 0.15) is 39.5 Å². The molecule has 0 aromatic rings. The van der Waals surface area contributed by atoms with Crippen LogP contribution in [0.15, 0.2) is 0 Å². The highest BCUT2D eigenvalue weighted by Crippen LogP contribution is 2.22. The van der Waals surface area contributed by atoms with Gasteiger partial charge in [0.15, 0.2) is 0 Å². The first kappa shape index (κ1) is 27.5. The van der Waals surface area contributed by atoms with Gasteiger partial charge in [-0.1, -0.05) is 13.8 Å². The van der Waals surface area contributed by atoms with E-state index in [0.29, 0.717) is 19.6 Å². The molecule has 8 heteroatoms. The fourth-order valence-corrected chi connectivity index (χ4v) is 2.38. The predicted octanol–water partition coefficient (Wildman–Crippen LogP) is 1.15. The molecule has 0 aromatic carbocycles. The van der Waals surface area contributed by atoms with Crippen molar-refractivity contribution in [1.29, 1.82) is 0 Å². The lowest BCUT2D eigenvalue weighted by Crippen LogP contribution is -2.49. The predicted molar refractivity (Wildman–Crippen MR) is 108 cm³/mol. The number of hydrogen-bond acceptors (Lipinski definition) is 5. The number of nitrogens with one attached hydrogen (secondary N) is 2. The lowest BCUT2D eigenvalue weighted by atomic mass is 10.2. The molecule has 0 bridgehead atoms. The van der Waals surface area contributed by atoms with E-state index in [0.717, 1.165) is 19.3 Å². The van der Waals surface area contributed by atoms with Crippen LogP contribution in [0.4, 0.5) is 4.79 Å². The van der Waals surface area contributed by atoms with E-state index in [-0.39, 0.29) is 31.0 Å². The van der Waals surface area contributed by atoms with Crippen molar-refractivity contribution in [3.05, 3.63) is 0 Å². The van der Waals surface area contributed by atoms with Crippen molar-refractivity contribution in [2.45, 2.75) is 51.6 Å². The molecule has 1 aliphatic carbocycles. The number of nitrogens with zero attached hydrogens (tertiary/aromatic N) is 1. The number of carbonyl (C=O) groups is 3. The number of alkyl carbamates (subject to hydrolysis) is 1. The lowest BCUT2D eigenvalue weighted by Gasteiger charge is -2.24. The van der Waals surface area contributed by atoms with Crippen LogP contribution in [0.3, 0.4) is 0 Å². The fourth-order valence-electron chi connectivity index (χ4n) is 2.38. The maximum Gasteiger partial charge on any atom is 0.407 e. The highest BCUT2D eigenvalue weighted by molar-refractivity contribution is 5.90. The maximum atomic E-state index is 12.1. The molecule has 2 N–H and O–H groups in total. The van der Waals surface area contributed by atoms with Crippen LogP contribution in [0.2, 0.25) is 0 Å². The average Bonchev–Trinajstić information content (AvgIpc) is 3.42. The number of terminal acetylenes is 2. The van der Waals surface area contributed by atoms with Gasteiger partial charge in [0.05, 0.1) is 6.61 Å². The molecule has 1 aliphatic heterocycles. The van der Waals surface area contributed by atoms with Gasteiger partial charge in [0.25, 0.3) is 0 Å². The largest absolute Gasteiger partial charge is 0.447 e. The van der Waals surface area contributed by atoms with Crippen molar-refractivity contribution in [3.8, 4) is 25.7 Å². The van der Waals surface area contributed by atoms with Crippen molar-refractivity contribution >= 4 is 17.9 Å². The summed E-state index contributed by atoms with van der Waals surface area (Å²) in [7, 11) is 1.50. The van der Waals surface area contributed by atoms with E-state index in [1.54, 1.807) is 0 Å². The smallest absolute Gasteiger partial charge is 0.407 e. The van der Waals surface area contributed by atoms with Gasteiger partial charge in [-0.2, -0.15) is 0 Å². The second-order valence-corrected chi connectivity index (χ2v) is 5.51. The Labute approximate surface area is 168 Å². The van der Waals surface area contributed by atoms with Gasteiger partial charge in [-0.3, -0.25) is 9.59 Å². The molecule has 3 amide bonds. The number of methoxy groups -OCH3 is 1. The number of rotatable bonds is 7. The Balaban J connectivity index is 0. The van der Waals surface area contributed by atoms with Gasteiger partial charge in [-0.05, 0) is 25.7 Å². The maximum absolute atomic E-state index is 12.1. The van der Waals surface area contributed by atoms with E-state index in [9.17, 15) is 14.4 Å². The molecule has 1 atom stereocenters. The standard InChI is InChI=1S/C14H23N3O5.C2H6.2C2H2/c1-21-7-8-22-14(20)15-9-12(18)17-6-2-3-11(17)13(19)16-10-4-5-10;3*1-2/h10-11H,2-9H2,1H3,(H,15,20)(H,16,19);1-2H3;2*1-2H/t11-;;;/m0.../s1. The molecule has 28 heavy (non-hydrogen) atoms. The van der Waals surface area contributed by atoms with Crippen molar-refractivity contribution in [1.82, 2.24) is 15.5 Å². The molecule has 2 aliphatic rings. The van der Waals surface area contributed by atoms with E-state index in [4.69, 9.17) is 9.47 Å². The summed E-state index contributed by atoms with van der Waals surface area (Å²) in [5, 5.41) is 5.31. The van der Waals surface area contributed by atoms with Crippen LogP contribution >= 0.6 is 0 Å². The van der Waals surface area contributed by atoms with Gasteiger partial charge in [-0.25, -0.2) is 4.79 Å². The zero-order chi connectivity index (χ0) is 21.9. The summed E-state index contributed by atoms with van der Waals surface area (Å²) >= 11 is 0. The van der Waals surface area contributed by atoms with Crippen LogP contribution in [0.5, 0.6) is 0 Å². The van der Waals surface area contributed by atoms with Gasteiger partial charge in [0.2, 0.25) is 11.8 Å². The quantitative estimate of drug-likeness (QED) is 0.498. The fraction of sp³-hybridized carbons (Fsp3) is 0.650. The minimum Gasteiger partial charge on any atom is -0.447 e. The molecular formula is C20H33N3O5. The first-order valence-corrected chi connectivity index (χ1v) is 9.28.